The first kappa shape index (κ1) is 20.6. The number of nitrogens with one attached hydrogen (secondary N) is 3. The third-order valence-corrected chi connectivity index (χ3v) is 6.14. The molecule has 0 spiro atoms. The van der Waals surface area contributed by atoms with Gasteiger partial charge in [-0.25, -0.2) is 13.1 Å². The fraction of sp³-hybridized carbons (Fsp3) is 0.222. The van der Waals surface area contributed by atoms with E-state index in [0.29, 0.717) is 5.69 Å². The number of carbonyl (C=O) groups excluding carboxylic acids is 1. The maximum Gasteiger partial charge on any atom is 0.257 e. The van der Waals surface area contributed by atoms with Crippen LogP contribution in [0.4, 0.5) is 5.69 Å². The Morgan fingerprint density at radius 2 is 1.93 bits per heavy atom. The summed E-state index contributed by atoms with van der Waals surface area (Å²) in [4.78, 5) is 12.5. The molecule has 3 rings (SSSR count). The summed E-state index contributed by atoms with van der Waals surface area (Å²) in [6.07, 6.45) is 1.63. The van der Waals surface area contributed by atoms with Gasteiger partial charge in [0.1, 0.15) is 4.90 Å². The van der Waals surface area contributed by atoms with Crippen LogP contribution in [0.5, 0.6) is 0 Å². The number of hydrogen-bond donors (Lipinski definition) is 3. The predicted octanol–water partition coefficient (Wildman–Crippen LogP) is 4.06. The van der Waals surface area contributed by atoms with E-state index in [0.717, 1.165) is 10.9 Å². The largest absolute Gasteiger partial charge is 0.322 e. The van der Waals surface area contributed by atoms with Crippen molar-refractivity contribution in [1.82, 2.24) is 14.9 Å². The number of halogens is 2. The second-order valence-electron chi connectivity index (χ2n) is 6.63. The maximum absolute atomic E-state index is 12.7. The predicted molar refractivity (Wildman–Crippen MR) is 111 cm³/mol. The summed E-state index contributed by atoms with van der Waals surface area (Å²) < 4.78 is 27.5. The standard InChI is InChI=1S/C18H18Cl2N4O3S/c1-10(2)8-22-28(26,27)17-6-13(14(19)7-15(17)20)18(25)23-12-3-4-16-11(5-12)9-21-24-16/h3-7,9-10,22H,8H2,1-2H3,(H,21,24)(H,23,25). The molecule has 0 atom stereocenters. The summed E-state index contributed by atoms with van der Waals surface area (Å²) in [5.74, 6) is -0.439. The number of H-pyrrole nitrogens is 1. The summed E-state index contributed by atoms with van der Waals surface area (Å²) in [7, 11) is -3.89. The van der Waals surface area contributed by atoms with Crippen molar-refractivity contribution < 1.29 is 13.2 Å². The molecule has 1 heterocycles. The monoisotopic (exact) mass is 440 g/mol. The Kier molecular flexibility index (Phi) is 5.95. The lowest BCUT2D eigenvalue weighted by molar-refractivity contribution is 0.102. The first-order valence-corrected chi connectivity index (χ1v) is 10.6. The van der Waals surface area contributed by atoms with Crippen molar-refractivity contribution in [1.29, 1.82) is 0 Å². The second-order valence-corrected chi connectivity index (χ2v) is 9.18. The molecular formula is C18H18Cl2N4O3S. The van der Waals surface area contributed by atoms with Gasteiger partial charge in [0.2, 0.25) is 10.0 Å². The molecule has 28 heavy (non-hydrogen) atoms. The number of carbonyl (C=O) groups is 1. The van der Waals surface area contributed by atoms with Crippen LogP contribution in [-0.2, 0) is 10.0 Å². The number of aromatic amines is 1. The molecule has 10 heteroatoms. The number of hydrogen-bond acceptors (Lipinski definition) is 4. The van der Waals surface area contributed by atoms with E-state index in [4.69, 9.17) is 23.2 Å². The molecule has 0 unspecified atom stereocenters. The Hall–Kier alpha value is -2.13. The van der Waals surface area contributed by atoms with Gasteiger partial charge in [-0.15, -0.1) is 0 Å². The van der Waals surface area contributed by atoms with E-state index in [-0.39, 0.29) is 33.0 Å². The fourth-order valence-corrected chi connectivity index (χ4v) is 4.55. The van der Waals surface area contributed by atoms with Gasteiger partial charge in [0.05, 0.1) is 27.3 Å². The summed E-state index contributed by atoms with van der Waals surface area (Å²) in [5, 5.41) is 10.3. The molecule has 0 radical (unpaired) electrons. The minimum Gasteiger partial charge on any atom is -0.322 e. The zero-order valence-corrected chi connectivity index (χ0v) is 17.4. The molecule has 2 aromatic carbocycles. The normalized spacial score (nSPS) is 11.9. The van der Waals surface area contributed by atoms with Crippen LogP contribution in [0.2, 0.25) is 10.0 Å². The highest BCUT2D eigenvalue weighted by Crippen LogP contribution is 2.29. The van der Waals surface area contributed by atoms with E-state index in [1.54, 1.807) is 24.4 Å². The van der Waals surface area contributed by atoms with E-state index in [1.165, 1.54) is 12.1 Å². The molecule has 3 N–H and O–H groups in total. The molecule has 0 aliphatic heterocycles. The number of sulfonamides is 1. The Morgan fingerprint density at radius 3 is 2.64 bits per heavy atom. The van der Waals surface area contributed by atoms with Crippen molar-refractivity contribution in [3.05, 3.63) is 52.1 Å². The molecule has 0 aliphatic carbocycles. The topological polar surface area (TPSA) is 104 Å². The highest BCUT2D eigenvalue weighted by Gasteiger charge is 2.23. The SMILES string of the molecule is CC(C)CNS(=O)(=O)c1cc(C(=O)Nc2ccc3[nH]ncc3c2)c(Cl)cc1Cl. The molecule has 0 fully saturated rings. The van der Waals surface area contributed by atoms with Crippen molar-refractivity contribution in [3.63, 3.8) is 0 Å². The van der Waals surface area contributed by atoms with Crippen LogP contribution in [0.25, 0.3) is 10.9 Å². The quantitative estimate of drug-likeness (QED) is 0.537. The van der Waals surface area contributed by atoms with Crippen molar-refractivity contribution in [2.24, 2.45) is 5.92 Å². The van der Waals surface area contributed by atoms with Crippen molar-refractivity contribution in [2.45, 2.75) is 18.7 Å². The van der Waals surface area contributed by atoms with Crippen molar-refractivity contribution >= 4 is 55.7 Å². The number of rotatable bonds is 6. The highest BCUT2D eigenvalue weighted by molar-refractivity contribution is 7.89. The zero-order valence-electron chi connectivity index (χ0n) is 15.1. The molecule has 0 saturated carbocycles. The molecule has 1 amide bonds. The zero-order chi connectivity index (χ0) is 20.5. The third-order valence-electron chi connectivity index (χ3n) is 3.94. The van der Waals surface area contributed by atoms with Crippen LogP contribution in [-0.4, -0.2) is 31.1 Å². The Bertz CT molecular complexity index is 1140. The van der Waals surface area contributed by atoms with Crippen molar-refractivity contribution in [3.8, 4) is 0 Å². The third kappa shape index (κ3) is 4.47. The lowest BCUT2D eigenvalue weighted by Crippen LogP contribution is -2.28. The van der Waals surface area contributed by atoms with Gasteiger partial charge in [-0.05, 0) is 36.2 Å². The molecule has 0 saturated heterocycles. The summed E-state index contributed by atoms with van der Waals surface area (Å²) in [5.41, 5.74) is 1.35. The van der Waals surface area contributed by atoms with Crippen LogP contribution >= 0.6 is 23.2 Å². The van der Waals surface area contributed by atoms with Gasteiger partial charge in [-0.2, -0.15) is 5.10 Å². The van der Waals surface area contributed by atoms with Crippen LogP contribution in [0.15, 0.2) is 41.4 Å². The Morgan fingerprint density at radius 1 is 1.18 bits per heavy atom. The van der Waals surface area contributed by atoms with Crippen LogP contribution < -0.4 is 10.0 Å². The van der Waals surface area contributed by atoms with Gasteiger partial charge in [-0.1, -0.05) is 37.0 Å². The summed E-state index contributed by atoms with van der Waals surface area (Å²) >= 11 is 12.2. The highest BCUT2D eigenvalue weighted by atomic mass is 35.5. The van der Waals surface area contributed by atoms with Gasteiger partial charge in [0, 0.05) is 17.6 Å². The average Bonchev–Trinajstić information content (AvgIpc) is 3.07. The van der Waals surface area contributed by atoms with E-state index in [2.05, 4.69) is 20.2 Å². The lowest BCUT2D eigenvalue weighted by atomic mass is 10.2. The minimum atomic E-state index is -3.89. The number of benzene rings is 2. The Labute approximate surface area is 172 Å². The van der Waals surface area contributed by atoms with Crippen LogP contribution in [0.3, 0.4) is 0 Å². The second kappa shape index (κ2) is 8.08. The molecule has 148 valence electrons. The van der Waals surface area contributed by atoms with Gasteiger partial charge in [-0.3, -0.25) is 9.89 Å². The molecule has 1 aromatic heterocycles. The lowest BCUT2D eigenvalue weighted by Gasteiger charge is -2.13. The summed E-state index contributed by atoms with van der Waals surface area (Å²) in [6.45, 7) is 4.00. The first-order chi connectivity index (χ1) is 13.2. The van der Waals surface area contributed by atoms with Crippen LogP contribution in [0.1, 0.15) is 24.2 Å². The van der Waals surface area contributed by atoms with E-state index in [1.807, 2.05) is 13.8 Å². The summed E-state index contributed by atoms with van der Waals surface area (Å²) in [6, 6.07) is 7.64. The van der Waals surface area contributed by atoms with Gasteiger partial charge in [0.25, 0.3) is 5.91 Å². The average molecular weight is 441 g/mol. The number of anilines is 1. The van der Waals surface area contributed by atoms with Crippen LogP contribution in [0, 0.1) is 5.92 Å². The smallest absolute Gasteiger partial charge is 0.257 e. The Balaban J connectivity index is 1.91. The molecule has 3 aromatic rings. The number of fused-ring (bicyclic) bond motifs is 1. The van der Waals surface area contributed by atoms with Gasteiger partial charge < -0.3 is 5.32 Å². The first-order valence-electron chi connectivity index (χ1n) is 8.40. The number of aromatic nitrogens is 2. The molecule has 0 aliphatic rings. The van der Waals surface area contributed by atoms with E-state index in [9.17, 15) is 13.2 Å². The number of nitrogens with zero attached hydrogens (tertiary/aromatic N) is 1. The van der Waals surface area contributed by atoms with Gasteiger partial charge in [0.15, 0.2) is 0 Å². The van der Waals surface area contributed by atoms with E-state index >= 15 is 0 Å². The van der Waals surface area contributed by atoms with Crippen molar-refractivity contribution in [2.75, 3.05) is 11.9 Å². The minimum absolute atomic E-state index is 0.00304. The fourth-order valence-electron chi connectivity index (χ4n) is 2.48. The molecule has 0 bridgehead atoms. The molecule has 7 nitrogen and oxygen atoms in total. The van der Waals surface area contributed by atoms with Gasteiger partial charge >= 0.3 is 0 Å². The molecular weight excluding hydrogens is 423 g/mol. The van der Waals surface area contributed by atoms with E-state index < -0.39 is 15.9 Å². The maximum atomic E-state index is 12.7. The number of amides is 1.